The predicted molar refractivity (Wildman–Crippen MR) is 117 cm³/mol. The van der Waals surface area contributed by atoms with Gasteiger partial charge in [0, 0.05) is 18.3 Å². The maximum atomic E-state index is 12.9. The number of carbonyl (C=O) groups excluding carboxylic acids is 3. The average Bonchev–Trinajstić information content (AvgIpc) is 3.22. The van der Waals surface area contributed by atoms with E-state index in [-0.39, 0.29) is 12.3 Å². The summed E-state index contributed by atoms with van der Waals surface area (Å²) in [5.74, 6) is -5.47. The molecule has 190 valence electrons. The van der Waals surface area contributed by atoms with E-state index < -0.39 is 66.4 Å². The molecule has 9 N–H and O–H groups in total. The highest BCUT2D eigenvalue weighted by atomic mass is 16.4. The summed E-state index contributed by atoms with van der Waals surface area (Å²) in [5, 5.41) is 34.8. The van der Waals surface area contributed by atoms with Crippen molar-refractivity contribution in [2.45, 2.75) is 70.3 Å². The van der Waals surface area contributed by atoms with Gasteiger partial charge in [0.2, 0.25) is 17.7 Å². The van der Waals surface area contributed by atoms with E-state index in [4.69, 9.17) is 5.73 Å². The maximum Gasteiger partial charge on any atom is 0.328 e. The summed E-state index contributed by atoms with van der Waals surface area (Å²) in [7, 11) is 0. The zero-order chi connectivity index (χ0) is 26.0. The van der Waals surface area contributed by atoms with Crippen molar-refractivity contribution in [3.8, 4) is 0 Å². The van der Waals surface area contributed by atoms with Crippen molar-refractivity contribution in [3.05, 3.63) is 18.2 Å². The molecule has 1 heterocycles. The van der Waals surface area contributed by atoms with Gasteiger partial charge < -0.3 is 42.0 Å². The molecule has 5 unspecified atom stereocenters. The van der Waals surface area contributed by atoms with Crippen LogP contribution in [-0.2, 0) is 30.4 Å². The molecule has 1 aromatic rings. The van der Waals surface area contributed by atoms with E-state index >= 15 is 0 Å². The molecule has 5 atom stereocenters. The number of carboxylic acid groups (broad SMARTS) is 2. The van der Waals surface area contributed by atoms with Crippen LogP contribution in [0, 0.1) is 5.92 Å². The van der Waals surface area contributed by atoms with Crippen molar-refractivity contribution in [2.75, 3.05) is 0 Å². The third-order valence-corrected chi connectivity index (χ3v) is 4.73. The first-order valence-electron chi connectivity index (χ1n) is 10.6. The molecule has 0 saturated carbocycles. The minimum absolute atomic E-state index is 0.0751. The minimum atomic E-state index is -1.66. The number of aromatic amines is 1. The summed E-state index contributed by atoms with van der Waals surface area (Å²) < 4.78 is 0. The quantitative estimate of drug-likeness (QED) is 0.141. The van der Waals surface area contributed by atoms with E-state index in [1.807, 2.05) is 13.8 Å². The standard InChI is InChI=1S/C20H32N6O8/c1-9(2)4-12(21)17(30)24-14(6-15(28)29)18(31)25-13(5-11-7-22-8-23-11)19(32)26-16(10(3)27)20(33)34/h7-10,12-14,16,27H,4-6,21H2,1-3H3,(H,22,23)(H,24,30)(H,25,31)(H,26,32)(H,28,29)(H,33,34). The molecule has 14 nitrogen and oxygen atoms in total. The second kappa shape index (κ2) is 13.3. The molecule has 0 aliphatic heterocycles. The van der Waals surface area contributed by atoms with Crippen LogP contribution in [0.25, 0.3) is 0 Å². The average molecular weight is 485 g/mol. The molecular formula is C20H32N6O8. The Morgan fingerprint density at radius 2 is 1.59 bits per heavy atom. The maximum absolute atomic E-state index is 12.9. The van der Waals surface area contributed by atoms with Crippen molar-refractivity contribution in [2.24, 2.45) is 11.7 Å². The first-order chi connectivity index (χ1) is 15.8. The van der Waals surface area contributed by atoms with Gasteiger partial charge in [-0.2, -0.15) is 0 Å². The third kappa shape index (κ3) is 9.54. The lowest BCUT2D eigenvalue weighted by molar-refractivity contribution is -0.145. The van der Waals surface area contributed by atoms with Crippen LogP contribution in [0.2, 0.25) is 0 Å². The molecule has 0 aliphatic carbocycles. The zero-order valence-corrected chi connectivity index (χ0v) is 19.1. The van der Waals surface area contributed by atoms with E-state index in [0.717, 1.165) is 0 Å². The lowest BCUT2D eigenvalue weighted by atomic mass is 10.0. The number of hydrogen-bond acceptors (Lipinski definition) is 8. The highest BCUT2D eigenvalue weighted by Gasteiger charge is 2.33. The van der Waals surface area contributed by atoms with E-state index in [2.05, 4.69) is 25.9 Å². The Bertz CT molecular complexity index is 857. The highest BCUT2D eigenvalue weighted by Crippen LogP contribution is 2.06. The predicted octanol–water partition coefficient (Wildman–Crippen LogP) is -2.28. The van der Waals surface area contributed by atoms with Crippen LogP contribution in [-0.4, -0.2) is 85.2 Å². The van der Waals surface area contributed by atoms with Crippen molar-refractivity contribution in [1.82, 2.24) is 25.9 Å². The van der Waals surface area contributed by atoms with Gasteiger partial charge >= 0.3 is 11.9 Å². The molecule has 0 fully saturated rings. The number of nitrogens with zero attached hydrogens (tertiary/aromatic N) is 1. The number of H-pyrrole nitrogens is 1. The van der Waals surface area contributed by atoms with Crippen LogP contribution >= 0.6 is 0 Å². The Balaban J connectivity index is 3.07. The van der Waals surface area contributed by atoms with Gasteiger partial charge in [-0.1, -0.05) is 13.8 Å². The first-order valence-corrected chi connectivity index (χ1v) is 10.6. The number of aliphatic carboxylic acids is 2. The summed E-state index contributed by atoms with van der Waals surface area (Å²) in [5.41, 5.74) is 6.21. The van der Waals surface area contributed by atoms with Crippen molar-refractivity contribution in [1.29, 1.82) is 0 Å². The summed E-state index contributed by atoms with van der Waals surface area (Å²) in [6.07, 6.45) is 0.614. The van der Waals surface area contributed by atoms with Gasteiger partial charge in [-0.3, -0.25) is 19.2 Å². The number of aliphatic hydroxyl groups excluding tert-OH is 1. The Labute approximate surface area is 195 Å². The van der Waals surface area contributed by atoms with Crippen LogP contribution < -0.4 is 21.7 Å². The third-order valence-electron chi connectivity index (χ3n) is 4.73. The Morgan fingerprint density at radius 1 is 1.00 bits per heavy atom. The molecule has 0 aromatic carbocycles. The van der Waals surface area contributed by atoms with Crippen molar-refractivity contribution < 1.29 is 39.3 Å². The Morgan fingerprint density at radius 3 is 2.06 bits per heavy atom. The molecule has 1 aromatic heterocycles. The fourth-order valence-electron chi connectivity index (χ4n) is 3.02. The number of carbonyl (C=O) groups is 5. The van der Waals surface area contributed by atoms with Crippen LogP contribution in [0.15, 0.2) is 12.5 Å². The van der Waals surface area contributed by atoms with Crippen LogP contribution in [0.4, 0.5) is 0 Å². The molecule has 0 spiro atoms. The second-order valence-corrected chi connectivity index (χ2v) is 8.30. The molecule has 34 heavy (non-hydrogen) atoms. The topological polar surface area (TPSA) is 237 Å². The highest BCUT2D eigenvalue weighted by molar-refractivity contribution is 5.95. The van der Waals surface area contributed by atoms with E-state index in [9.17, 15) is 39.3 Å². The number of rotatable bonds is 14. The number of aliphatic hydroxyl groups is 1. The van der Waals surface area contributed by atoms with Gasteiger partial charge in [0.25, 0.3) is 0 Å². The first kappa shape index (κ1) is 28.5. The molecule has 0 saturated heterocycles. The summed E-state index contributed by atoms with van der Waals surface area (Å²) >= 11 is 0. The summed E-state index contributed by atoms with van der Waals surface area (Å²) in [6, 6.07) is -5.56. The lowest BCUT2D eigenvalue weighted by Gasteiger charge is -2.25. The largest absolute Gasteiger partial charge is 0.481 e. The number of nitrogens with two attached hydrogens (primary N) is 1. The molecule has 0 bridgehead atoms. The van der Waals surface area contributed by atoms with Crippen LogP contribution in [0.1, 0.15) is 39.3 Å². The number of carboxylic acids is 2. The van der Waals surface area contributed by atoms with Crippen LogP contribution in [0.5, 0.6) is 0 Å². The minimum Gasteiger partial charge on any atom is -0.481 e. The monoisotopic (exact) mass is 484 g/mol. The SMILES string of the molecule is CC(C)CC(N)C(=O)NC(CC(=O)O)C(=O)NC(Cc1cnc[nH]1)C(=O)NC(C(=O)O)C(C)O. The number of imidazole rings is 1. The van der Waals surface area contributed by atoms with Crippen molar-refractivity contribution in [3.63, 3.8) is 0 Å². The number of aromatic nitrogens is 2. The van der Waals surface area contributed by atoms with Gasteiger partial charge in [0.1, 0.15) is 12.1 Å². The smallest absolute Gasteiger partial charge is 0.328 e. The molecule has 0 radical (unpaired) electrons. The van der Waals surface area contributed by atoms with Crippen molar-refractivity contribution >= 4 is 29.7 Å². The fraction of sp³-hybridized carbons (Fsp3) is 0.600. The number of nitrogens with one attached hydrogen (secondary N) is 4. The van der Waals surface area contributed by atoms with Gasteiger partial charge in [0.05, 0.1) is 24.9 Å². The molecule has 14 heteroatoms. The normalized spacial score (nSPS) is 15.5. The summed E-state index contributed by atoms with van der Waals surface area (Å²) in [4.78, 5) is 67.1. The van der Waals surface area contributed by atoms with Gasteiger partial charge in [-0.15, -0.1) is 0 Å². The van der Waals surface area contributed by atoms with E-state index in [1.54, 1.807) is 0 Å². The second-order valence-electron chi connectivity index (χ2n) is 8.30. The molecule has 0 aliphatic rings. The van der Waals surface area contributed by atoms with E-state index in [1.165, 1.54) is 19.4 Å². The summed E-state index contributed by atoms with van der Waals surface area (Å²) in [6.45, 7) is 4.84. The van der Waals surface area contributed by atoms with Gasteiger partial charge in [-0.25, -0.2) is 9.78 Å². The van der Waals surface area contributed by atoms with Gasteiger partial charge in [-0.05, 0) is 19.3 Å². The van der Waals surface area contributed by atoms with Crippen LogP contribution in [0.3, 0.4) is 0 Å². The lowest BCUT2D eigenvalue weighted by Crippen LogP contribution is -2.59. The molecule has 3 amide bonds. The van der Waals surface area contributed by atoms with E-state index in [0.29, 0.717) is 12.1 Å². The number of amides is 3. The number of hydrogen-bond donors (Lipinski definition) is 8. The fourth-order valence-corrected chi connectivity index (χ4v) is 3.02. The Kier molecular flexibility index (Phi) is 11.1. The molecular weight excluding hydrogens is 452 g/mol. The van der Waals surface area contributed by atoms with Gasteiger partial charge in [0.15, 0.2) is 6.04 Å². The zero-order valence-electron chi connectivity index (χ0n) is 19.1. The molecule has 1 rings (SSSR count). The Hall–Kier alpha value is -3.52.